The lowest BCUT2D eigenvalue weighted by atomic mass is 10.1. The van der Waals surface area contributed by atoms with Gasteiger partial charge in [0.25, 0.3) is 0 Å². The molecule has 0 aliphatic carbocycles. The van der Waals surface area contributed by atoms with Gasteiger partial charge in [0.1, 0.15) is 0 Å². The average molecular weight is 373 g/mol. The lowest BCUT2D eigenvalue weighted by Crippen LogP contribution is -2.43. The van der Waals surface area contributed by atoms with Crippen LogP contribution in [-0.2, 0) is 6.54 Å². The van der Waals surface area contributed by atoms with E-state index in [9.17, 15) is 0 Å². The minimum absolute atomic E-state index is 0.885. The maximum absolute atomic E-state index is 4.36. The van der Waals surface area contributed by atoms with E-state index < -0.39 is 0 Å². The van der Waals surface area contributed by atoms with Crippen molar-refractivity contribution in [3.8, 4) is 0 Å². The number of rotatable bonds is 4. The molecule has 0 atom stereocenters. The van der Waals surface area contributed by atoms with Crippen molar-refractivity contribution in [2.24, 2.45) is 10.3 Å². The Morgan fingerprint density at radius 2 is 1.65 bits per heavy atom. The number of piperazine rings is 1. The van der Waals surface area contributed by atoms with Crippen LogP contribution in [0.25, 0.3) is 0 Å². The van der Waals surface area contributed by atoms with Crippen LogP contribution in [0.3, 0.4) is 0 Å². The fourth-order valence-electron chi connectivity index (χ4n) is 2.64. The Balaban J connectivity index is 1.50. The van der Waals surface area contributed by atoms with Crippen molar-refractivity contribution in [2.75, 3.05) is 26.2 Å². The van der Waals surface area contributed by atoms with Crippen LogP contribution in [0.4, 0.5) is 5.69 Å². The zero-order chi connectivity index (χ0) is 16.1. The summed E-state index contributed by atoms with van der Waals surface area (Å²) < 4.78 is 1.06. The highest BCUT2D eigenvalue weighted by atomic mass is 79.9. The van der Waals surface area contributed by atoms with Crippen molar-refractivity contribution in [1.82, 2.24) is 9.91 Å². The lowest BCUT2D eigenvalue weighted by molar-refractivity contribution is 0.124. The summed E-state index contributed by atoms with van der Waals surface area (Å²) in [6.45, 7) is 7.08. The van der Waals surface area contributed by atoms with Crippen LogP contribution < -0.4 is 0 Å². The zero-order valence-electron chi connectivity index (χ0n) is 13.3. The van der Waals surface area contributed by atoms with Crippen molar-refractivity contribution in [1.29, 1.82) is 0 Å². The number of nitrogens with zero attached hydrogens (tertiary/aromatic N) is 4. The van der Waals surface area contributed by atoms with Gasteiger partial charge in [-0.2, -0.15) is 0 Å². The number of benzene rings is 2. The van der Waals surface area contributed by atoms with Crippen molar-refractivity contribution < 1.29 is 0 Å². The maximum Gasteiger partial charge on any atom is 0.0875 e. The molecule has 2 aromatic rings. The molecule has 0 radical (unpaired) electrons. The quantitative estimate of drug-likeness (QED) is 0.735. The van der Waals surface area contributed by atoms with E-state index in [2.05, 4.69) is 67.4 Å². The standard InChI is InChI=1S/C18H21BrN4/c1-15-4-2-3-5-16(15)14-22-10-12-23(13-11-22)21-20-18-8-6-17(19)7-9-18/h2-9H,10-14H2,1H3. The van der Waals surface area contributed by atoms with Gasteiger partial charge in [0.15, 0.2) is 0 Å². The molecular weight excluding hydrogens is 352 g/mol. The van der Waals surface area contributed by atoms with Gasteiger partial charge in [-0.05, 0) is 42.3 Å². The van der Waals surface area contributed by atoms with E-state index in [-0.39, 0.29) is 0 Å². The number of hydrogen-bond acceptors (Lipinski definition) is 3. The van der Waals surface area contributed by atoms with Crippen LogP contribution in [0.15, 0.2) is 63.3 Å². The zero-order valence-corrected chi connectivity index (χ0v) is 14.9. The van der Waals surface area contributed by atoms with Gasteiger partial charge in [0, 0.05) is 24.1 Å². The summed E-state index contributed by atoms with van der Waals surface area (Å²) in [5, 5.41) is 10.7. The predicted octanol–water partition coefficient (Wildman–Crippen LogP) is 4.57. The van der Waals surface area contributed by atoms with Gasteiger partial charge in [0.2, 0.25) is 0 Å². The summed E-state index contributed by atoms with van der Waals surface area (Å²) in [6, 6.07) is 16.5. The van der Waals surface area contributed by atoms with Gasteiger partial charge < -0.3 is 0 Å². The van der Waals surface area contributed by atoms with Crippen LogP contribution in [-0.4, -0.2) is 36.1 Å². The first kappa shape index (κ1) is 16.1. The molecule has 1 aliphatic heterocycles. The van der Waals surface area contributed by atoms with Gasteiger partial charge in [-0.1, -0.05) is 45.4 Å². The van der Waals surface area contributed by atoms with E-state index in [1.54, 1.807) is 0 Å². The molecule has 0 unspecified atom stereocenters. The average Bonchev–Trinajstić information content (AvgIpc) is 2.58. The van der Waals surface area contributed by atoms with Crippen molar-refractivity contribution >= 4 is 21.6 Å². The summed E-state index contributed by atoms with van der Waals surface area (Å²) >= 11 is 3.42. The molecule has 4 nitrogen and oxygen atoms in total. The first-order valence-corrected chi connectivity index (χ1v) is 8.69. The third kappa shape index (κ3) is 4.62. The maximum atomic E-state index is 4.36. The minimum atomic E-state index is 0.885. The molecule has 0 amide bonds. The van der Waals surface area contributed by atoms with Gasteiger partial charge in [0.05, 0.1) is 18.8 Å². The Labute approximate surface area is 145 Å². The Kier molecular flexibility index (Phi) is 5.41. The topological polar surface area (TPSA) is 31.2 Å². The number of halogens is 1. The third-order valence-electron chi connectivity index (χ3n) is 4.12. The molecule has 0 N–H and O–H groups in total. The van der Waals surface area contributed by atoms with Crippen LogP contribution in [0.1, 0.15) is 11.1 Å². The Morgan fingerprint density at radius 3 is 2.35 bits per heavy atom. The molecule has 2 aromatic carbocycles. The van der Waals surface area contributed by atoms with Crippen molar-refractivity contribution in [3.63, 3.8) is 0 Å². The SMILES string of the molecule is Cc1ccccc1CN1CCN(N=Nc2ccc(Br)cc2)CC1. The predicted molar refractivity (Wildman–Crippen MR) is 96.7 cm³/mol. The fraction of sp³-hybridized carbons (Fsp3) is 0.333. The molecule has 120 valence electrons. The van der Waals surface area contributed by atoms with Crippen molar-refractivity contribution in [2.45, 2.75) is 13.5 Å². The summed E-state index contributed by atoms with van der Waals surface area (Å²) in [7, 11) is 0. The molecule has 0 aromatic heterocycles. The van der Waals surface area contributed by atoms with Crippen LogP contribution in [0, 0.1) is 6.92 Å². The Hall–Kier alpha value is -1.72. The number of aryl methyl sites for hydroxylation is 1. The summed E-state index contributed by atoms with van der Waals surface area (Å²) in [5.74, 6) is 0. The highest BCUT2D eigenvalue weighted by molar-refractivity contribution is 9.10. The monoisotopic (exact) mass is 372 g/mol. The van der Waals surface area contributed by atoms with E-state index in [1.165, 1.54) is 11.1 Å². The largest absolute Gasteiger partial charge is 0.295 e. The Morgan fingerprint density at radius 1 is 0.957 bits per heavy atom. The summed E-state index contributed by atoms with van der Waals surface area (Å²) in [4.78, 5) is 2.48. The van der Waals surface area contributed by atoms with E-state index in [0.29, 0.717) is 0 Å². The molecule has 0 saturated carbocycles. The second-order valence-corrected chi connectivity index (χ2v) is 6.74. The minimum Gasteiger partial charge on any atom is -0.295 e. The smallest absolute Gasteiger partial charge is 0.0875 e. The van der Waals surface area contributed by atoms with E-state index in [4.69, 9.17) is 0 Å². The van der Waals surface area contributed by atoms with Crippen LogP contribution in [0.2, 0.25) is 0 Å². The van der Waals surface area contributed by atoms with Gasteiger partial charge in [-0.15, -0.1) is 5.11 Å². The van der Waals surface area contributed by atoms with Gasteiger partial charge in [-0.25, -0.2) is 0 Å². The molecule has 1 aliphatic rings. The lowest BCUT2D eigenvalue weighted by Gasteiger charge is -2.32. The molecular formula is C18H21BrN4. The highest BCUT2D eigenvalue weighted by Gasteiger charge is 2.16. The van der Waals surface area contributed by atoms with E-state index >= 15 is 0 Å². The molecule has 0 spiro atoms. The van der Waals surface area contributed by atoms with Crippen molar-refractivity contribution in [3.05, 3.63) is 64.1 Å². The summed E-state index contributed by atoms with van der Waals surface area (Å²) in [5.41, 5.74) is 3.66. The first-order valence-electron chi connectivity index (χ1n) is 7.90. The molecule has 1 saturated heterocycles. The molecule has 1 fully saturated rings. The third-order valence-corrected chi connectivity index (χ3v) is 4.65. The van der Waals surface area contributed by atoms with Crippen LogP contribution in [0.5, 0.6) is 0 Å². The van der Waals surface area contributed by atoms with Gasteiger partial charge in [-0.3, -0.25) is 9.91 Å². The second kappa shape index (κ2) is 7.70. The van der Waals surface area contributed by atoms with E-state index in [0.717, 1.165) is 42.9 Å². The molecule has 3 rings (SSSR count). The normalized spacial score (nSPS) is 16.2. The second-order valence-electron chi connectivity index (χ2n) is 5.82. The fourth-order valence-corrected chi connectivity index (χ4v) is 2.90. The highest BCUT2D eigenvalue weighted by Crippen LogP contribution is 2.18. The van der Waals surface area contributed by atoms with E-state index in [1.807, 2.05) is 24.3 Å². The molecule has 23 heavy (non-hydrogen) atoms. The number of hydrogen-bond donors (Lipinski definition) is 0. The Bertz CT molecular complexity index is 661. The molecule has 1 heterocycles. The van der Waals surface area contributed by atoms with Crippen LogP contribution >= 0.6 is 15.9 Å². The molecule has 5 heteroatoms. The van der Waals surface area contributed by atoms with Gasteiger partial charge >= 0.3 is 0 Å². The summed E-state index contributed by atoms with van der Waals surface area (Å²) in [6.07, 6.45) is 0. The molecule has 0 bridgehead atoms. The first-order chi connectivity index (χ1) is 11.2.